The molecular weight excluding hydrogens is 402 g/mol. The first-order valence-electron chi connectivity index (χ1n) is 9.47. The highest BCUT2D eigenvalue weighted by atomic mass is 19.1. The van der Waals surface area contributed by atoms with Crippen molar-refractivity contribution in [3.05, 3.63) is 101 Å². The lowest BCUT2D eigenvalue weighted by Gasteiger charge is -2.07. The van der Waals surface area contributed by atoms with Crippen LogP contribution in [0.5, 0.6) is 0 Å². The molecule has 2 aromatic carbocycles. The van der Waals surface area contributed by atoms with E-state index in [2.05, 4.69) is 25.7 Å². The van der Waals surface area contributed by atoms with E-state index in [1.54, 1.807) is 36.4 Å². The van der Waals surface area contributed by atoms with E-state index in [9.17, 15) is 13.6 Å². The van der Waals surface area contributed by atoms with Gasteiger partial charge in [0, 0.05) is 31.0 Å². The highest BCUT2D eigenvalue weighted by molar-refractivity contribution is 5.96. The minimum Gasteiger partial charge on any atom is -0.350 e. The highest BCUT2D eigenvalue weighted by Crippen LogP contribution is 2.15. The van der Waals surface area contributed by atoms with E-state index < -0.39 is 0 Å². The molecule has 2 aromatic heterocycles. The number of aromatic nitrogens is 4. The smallest absolute Gasteiger partial charge is 0.281 e. The number of anilines is 2. The molecule has 4 aromatic rings. The fraction of sp³-hybridized carbons (Fsp3) is 0.0909. The van der Waals surface area contributed by atoms with Crippen LogP contribution in [0.1, 0.15) is 21.5 Å². The molecule has 4 rings (SSSR count). The minimum atomic E-state index is -0.383. The van der Waals surface area contributed by atoms with Gasteiger partial charge < -0.3 is 10.6 Å². The first-order chi connectivity index (χ1) is 15.1. The first-order valence-corrected chi connectivity index (χ1v) is 9.47. The molecule has 0 spiro atoms. The van der Waals surface area contributed by atoms with E-state index in [4.69, 9.17) is 0 Å². The zero-order valence-electron chi connectivity index (χ0n) is 16.3. The summed E-state index contributed by atoms with van der Waals surface area (Å²) >= 11 is 0. The van der Waals surface area contributed by atoms with Gasteiger partial charge in [0.2, 0.25) is 11.9 Å². The number of hydrogen-bond acceptors (Lipinski definition) is 6. The van der Waals surface area contributed by atoms with Gasteiger partial charge in [0.1, 0.15) is 11.6 Å². The summed E-state index contributed by atoms with van der Waals surface area (Å²) in [5.74, 6) is -0.569. The lowest BCUT2D eigenvalue weighted by Crippen LogP contribution is -2.17. The molecule has 7 nitrogen and oxygen atoms in total. The van der Waals surface area contributed by atoms with Gasteiger partial charge in [-0.1, -0.05) is 24.3 Å². The molecule has 2 N–H and O–H groups in total. The Kier molecular flexibility index (Phi) is 5.93. The summed E-state index contributed by atoms with van der Waals surface area (Å²) in [5.41, 5.74) is 2.04. The molecule has 0 unspecified atom stereocenters. The third-order valence-electron chi connectivity index (χ3n) is 4.45. The Morgan fingerprint density at radius 3 is 1.94 bits per heavy atom. The van der Waals surface area contributed by atoms with Crippen molar-refractivity contribution in [2.45, 2.75) is 13.1 Å². The largest absolute Gasteiger partial charge is 0.350 e. The maximum absolute atomic E-state index is 13.1. The molecule has 0 saturated heterocycles. The number of carbonyl (C=O) groups is 1. The Hall–Kier alpha value is -4.14. The van der Waals surface area contributed by atoms with Crippen LogP contribution in [0, 0.1) is 11.6 Å². The molecule has 0 atom stereocenters. The van der Waals surface area contributed by atoms with Gasteiger partial charge in [0.25, 0.3) is 5.91 Å². The summed E-state index contributed by atoms with van der Waals surface area (Å²) in [7, 11) is 0. The Morgan fingerprint density at radius 2 is 1.35 bits per heavy atom. The lowest BCUT2D eigenvalue weighted by atomic mass is 10.2. The molecule has 156 valence electrons. The van der Waals surface area contributed by atoms with Crippen molar-refractivity contribution in [2.75, 3.05) is 10.6 Å². The number of nitrogens with one attached hydrogen (secondary N) is 2. The fourth-order valence-electron chi connectivity index (χ4n) is 2.83. The van der Waals surface area contributed by atoms with Gasteiger partial charge in [0.05, 0.1) is 0 Å². The van der Waals surface area contributed by atoms with E-state index in [-0.39, 0.29) is 29.4 Å². The summed E-state index contributed by atoms with van der Waals surface area (Å²) in [4.78, 5) is 21.2. The molecule has 2 heterocycles. The van der Waals surface area contributed by atoms with Crippen LogP contribution >= 0.6 is 0 Å². The number of pyridine rings is 1. The van der Waals surface area contributed by atoms with E-state index >= 15 is 0 Å². The van der Waals surface area contributed by atoms with Crippen molar-refractivity contribution in [2.24, 2.45) is 0 Å². The maximum Gasteiger partial charge on any atom is 0.281 e. The second kappa shape index (κ2) is 9.12. The summed E-state index contributed by atoms with van der Waals surface area (Å²) < 4.78 is 27.4. The average molecular weight is 420 g/mol. The lowest BCUT2D eigenvalue weighted by molar-refractivity contribution is 0.0947. The normalized spacial score (nSPS) is 10.6. The maximum atomic E-state index is 13.1. The Balaban J connectivity index is 1.55. The third-order valence-corrected chi connectivity index (χ3v) is 4.45. The molecule has 0 aliphatic carbocycles. The summed E-state index contributed by atoms with van der Waals surface area (Å²) in [6.07, 6.45) is 3.03. The van der Waals surface area contributed by atoms with Gasteiger partial charge in [-0.3, -0.25) is 9.78 Å². The average Bonchev–Trinajstić information content (AvgIpc) is 3.21. The predicted molar refractivity (Wildman–Crippen MR) is 111 cm³/mol. The Morgan fingerprint density at radius 1 is 0.806 bits per heavy atom. The van der Waals surface area contributed by atoms with Crippen molar-refractivity contribution in [1.29, 1.82) is 0 Å². The van der Waals surface area contributed by atoms with Crippen LogP contribution in [0.15, 0.2) is 73.1 Å². The van der Waals surface area contributed by atoms with Crippen molar-refractivity contribution >= 4 is 17.8 Å². The molecule has 0 amide bonds. The van der Waals surface area contributed by atoms with Gasteiger partial charge >= 0.3 is 0 Å². The number of halogens is 2. The monoisotopic (exact) mass is 420 g/mol. The molecule has 0 fully saturated rings. The van der Waals surface area contributed by atoms with E-state index in [0.717, 1.165) is 15.8 Å². The van der Waals surface area contributed by atoms with Crippen LogP contribution in [0.2, 0.25) is 0 Å². The van der Waals surface area contributed by atoms with Gasteiger partial charge in [-0.05, 0) is 47.5 Å². The van der Waals surface area contributed by atoms with Crippen LogP contribution in [-0.4, -0.2) is 25.7 Å². The predicted octanol–water partition coefficient (Wildman–Crippen LogP) is 3.86. The highest BCUT2D eigenvalue weighted by Gasteiger charge is 2.18. The van der Waals surface area contributed by atoms with Crippen LogP contribution in [0.25, 0.3) is 0 Å². The SMILES string of the molecule is O=C(c1ccncc1)n1nc(NCc2ccc(F)cc2)nc1NCc1ccc(F)cc1. The van der Waals surface area contributed by atoms with E-state index in [0.29, 0.717) is 18.7 Å². The Labute approximate surface area is 176 Å². The van der Waals surface area contributed by atoms with Crippen molar-refractivity contribution in [1.82, 2.24) is 19.7 Å². The molecule has 0 bridgehead atoms. The van der Waals surface area contributed by atoms with Gasteiger partial charge in [-0.25, -0.2) is 8.78 Å². The molecule has 31 heavy (non-hydrogen) atoms. The summed E-state index contributed by atoms with van der Waals surface area (Å²) in [5, 5.41) is 10.4. The molecule has 9 heteroatoms. The van der Waals surface area contributed by atoms with Crippen LogP contribution in [-0.2, 0) is 13.1 Å². The quantitative estimate of drug-likeness (QED) is 0.472. The first kappa shape index (κ1) is 20.1. The summed E-state index contributed by atoms with van der Waals surface area (Å²) in [6.45, 7) is 0.672. The molecule has 0 aliphatic heterocycles. The summed E-state index contributed by atoms with van der Waals surface area (Å²) in [6, 6.07) is 15.2. The van der Waals surface area contributed by atoms with Crippen LogP contribution in [0.3, 0.4) is 0 Å². The number of carbonyl (C=O) groups excluding carboxylic acids is 1. The van der Waals surface area contributed by atoms with Crippen LogP contribution in [0.4, 0.5) is 20.7 Å². The van der Waals surface area contributed by atoms with E-state index in [1.165, 1.54) is 36.7 Å². The standard InChI is InChI=1S/C22H18F2N6O/c23-18-5-1-15(2-6-18)13-26-21-28-22(27-14-16-3-7-19(24)8-4-16)30(29-21)20(31)17-9-11-25-12-10-17/h1-12H,13-14H2,(H2,26,27,28,29). The second-order valence-electron chi connectivity index (χ2n) is 6.67. The number of nitrogens with zero attached hydrogens (tertiary/aromatic N) is 4. The zero-order chi connectivity index (χ0) is 21.6. The number of benzene rings is 2. The second-order valence-corrected chi connectivity index (χ2v) is 6.67. The zero-order valence-corrected chi connectivity index (χ0v) is 16.3. The fourth-order valence-corrected chi connectivity index (χ4v) is 2.83. The van der Waals surface area contributed by atoms with E-state index in [1.807, 2.05) is 0 Å². The van der Waals surface area contributed by atoms with Crippen molar-refractivity contribution in [3.63, 3.8) is 0 Å². The molecule has 0 saturated carbocycles. The van der Waals surface area contributed by atoms with Crippen LogP contribution < -0.4 is 10.6 Å². The van der Waals surface area contributed by atoms with Gasteiger partial charge in [-0.2, -0.15) is 9.67 Å². The molecule has 0 aliphatic rings. The van der Waals surface area contributed by atoms with Gasteiger partial charge in [0.15, 0.2) is 0 Å². The Bertz CT molecular complexity index is 1160. The topological polar surface area (TPSA) is 84.7 Å². The number of rotatable bonds is 7. The number of hydrogen-bond donors (Lipinski definition) is 2. The van der Waals surface area contributed by atoms with Gasteiger partial charge in [-0.15, -0.1) is 5.10 Å². The van der Waals surface area contributed by atoms with Crippen molar-refractivity contribution in [3.8, 4) is 0 Å². The molecule has 0 radical (unpaired) electrons. The van der Waals surface area contributed by atoms with Crippen molar-refractivity contribution < 1.29 is 13.6 Å². The minimum absolute atomic E-state index is 0.229. The third kappa shape index (κ3) is 5.08. The molecular formula is C22H18F2N6O.